The molecule has 0 heterocycles. The van der Waals surface area contributed by atoms with Crippen LogP contribution in [0.3, 0.4) is 0 Å². The van der Waals surface area contributed by atoms with Gasteiger partial charge in [-0.1, -0.05) is 41.5 Å². The Morgan fingerprint density at radius 2 is 1.81 bits per heavy atom. The highest BCUT2D eigenvalue weighted by Crippen LogP contribution is 2.44. The molecular formula is C12H24FNO2. The standard InChI is InChI=1S/C12H24FNO2/c1-9(2)11(3,4)12(5,6)10(15)14-7-8-16-13/h9H,7-8H2,1-6H3,(H,14,15). The molecule has 0 aliphatic heterocycles. The summed E-state index contributed by atoms with van der Waals surface area (Å²) in [6, 6.07) is 0. The molecule has 0 aromatic rings. The minimum atomic E-state index is -0.503. The summed E-state index contributed by atoms with van der Waals surface area (Å²) in [5.41, 5.74) is -0.634. The van der Waals surface area contributed by atoms with Crippen molar-refractivity contribution in [1.29, 1.82) is 0 Å². The van der Waals surface area contributed by atoms with Gasteiger partial charge in [0.25, 0.3) is 0 Å². The zero-order valence-electron chi connectivity index (χ0n) is 11.2. The summed E-state index contributed by atoms with van der Waals surface area (Å²) in [5.74, 6) is 0.314. The second kappa shape index (κ2) is 5.62. The summed E-state index contributed by atoms with van der Waals surface area (Å²) in [6.07, 6.45) is 0. The van der Waals surface area contributed by atoms with E-state index in [0.29, 0.717) is 5.92 Å². The van der Waals surface area contributed by atoms with Crippen molar-refractivity contribution in [3.05, 3.63) is 0 Å². The molecule has 16 heavy (non-hydrogen) atoms. The Balaban J connectivity index is 4.58. The van der Waals surface area contributed by atoms with E-state index in [1.807, 2.05) is 13.8 Å². The van der Waals surface area contributed by atoms with Gasteiger partial charge in [-0.3, -0.25) is 4.79 Å². The second-order valence-corrected chi connectivity index (χ2v) is 5.57. The molecule has 0 rings (SSSR count). The van der Waals surface area contributed by atoms with Crippen LogP contribution in [0.25, 0.3) is 0 Å². The van der Waals surface area contributed by atoms with Crippen molar-refractivity contribution >= 4 is 5.91 Å². The predicted molar refractivity (Wildman–Crippen MR) is 62.5 cm³/mol. The molecule has 4 heteroatoms. The van der Waals surface area contributed by atoms with Crippen LogP contribution >= 0.6 is 0 Å². The van der Waals surface area contributed by atoms with Crippen molar-refractivity contribution in [1.82, 2.24) is 5.32 Å². The fraction of sp³-hybridized carbons (Fsp3) is 0.917. The van der Waals surface area contributed by atoms with Gasteiger partial charge in [-0.05, 0) is 15.9 Å². The summed E-state index contributed by atoms with van der Waals surface area (Å²) in [4.78, 5) is 15.4. The molecule has 1 N–H and O–H groups in total. The van der Waals surface area contributed by atoms with Crippen LogP contribution in [-0.2, 0) is 9.74 Å². The quantitative estimate of drug-likeness (QED) is 0.716. The van der Waals surface area contributed by atoms with Crippen molar-refractivity contribution in [3.8, 4) is 0 Å². The van der Waals surface area contributed by atoms with Gasteiger partial charge in [-0.25, -0.2) is 0 Å². The molecular weight excluding hydrogens is 209 g/mol. The van der Waals surface area contributed by atoms with E-state index in [4.69, 9.17) is 0 Å². The van der Waals surface area contributed by atoms with Crippen molar-refractivity contribution in [2.45, 2.75) is 41.5 Å². The summed E-state index contributed by atoms with van der Waals surface area (Å²) in [5, 5.41) is 2.68. The zero-order chi connectivity index (χ0) is 13.0. The van der Waals surface area contributed by atoms with Crippen LogP contribution in [0.2, 0.25) is 0 Å². The molecule has 0 aliphatic carbocycles. The van der Waals surface area contributed by atoms with E-state index >= 15 is 0 Å². The third-order valence-electron chi connectivity index (χ3n) is 4.09. The Bertz CT molecular complexity index is 237. The lowest BCUT2D eigenvalue weighted by Gasteiger charge is -2.43. The Morgan fingerprint density at radius 3 is 2.19 bits per heavy atom. The molecule has 0 radical (unpaired) electrons. The first kappa shape index (κ1) is 15.4. The summed E-state index contributed by atoms with van der Waals surface area (Å²) in [7, 11) is 0. The highest BCUT2D eigenvalue weighted by Gasteiger charge is 2.44. The van der Waals surface area contributed by atoms with E-state index in [-0.39, 0.29) is 24.5 Å². The number of nitrogens with one attached hydrogen (secondary N) is 1. The summed E-state index contributed by atoms with van der Waals surface area (Å²) in [6.45, 7) is 12.3. The third kappa shape index (κ3) is 3.17. The molecule has 0 atom stereocenters. The fourth-order valence-electron chi connectivity index (χ4n) is 1.44. The third-order valence-corrected chi connectivity index (χ3v) is 4.09. The van der Waals surface area contributed by atoms with Crippen molar-refractivity contribution in [2.75, 3.05) is 13.2 Å². The molecule has 3 nitrogen and oxygen atoms in total. The maximum absolute atomic E-state index is 12.0. The van der Waals surface area contributed by atoms with Crippen LogP contribution in [0.1, 0.15) is 41.5 Å². The topological polar surface area (TPSA) is 38.3 Å². The van der Waals surface area contributed by atoms with E-state index in [9.17, 15) is 9.32 Å². The Labute approximate surface area is 97.6 Å². The number of hydrogen-bond acceptors (Lipinski definition) is 2. The van der Waals surface area contributed by atoms with Crippen molar-refractivity contribution in [2.24, 2.45) is 16.7 Å². The van der Waals surface area contributed by atoms with Gasteiger partial charge >= 0.3 is 0 Å². The lowest BCUT2D eigenvalue weighted by molar-refractivity contribution is -0.143. The van der Waals surface area contributed by atoms with Crippen LogP contribution in [0.15, 0.2) is 0 Å². The predicted octanol–water partition coefficient (Wildman–Crippen LogP) is 2.71. The highest BCUT2D eigenvalue weighted by molar-refractivity contribution is 5.82. The van der Waals surface area contributed by atoms with E-state index in [2.05, 4.69) is 38.0 Å². The van der Waals surface area contributed by atoms with E-state index in [1.54, 1.807) is 0 Å². The first-order chi connectivity index (χ1) is 7.17. The largest absolute Gasteiger partial charge is 0.353 e. The van der Waals surface area contributed by atoms with Gasteiger partial charge in [-0.15, -0.1) is 0 Å². The summed E-state index contributed by atoms with van der Waals surface area (Å²) < 4.78 is 11.5. The van der Waals surface area contributed by atoms with Crippen LogP contribution in [0.5, 0.6) is 0 Å². The summed E-state index contributed by atoms with van der Waals surface area (Å²) >= 11 is 0. The molecule has 96 valence electrons. The fourth-order valence-corrected chi connectivity index (χ4v) is 1.44. The number of rotatable bonds is 6. The number of carbonyl (C=O) groups is 1. The minimum absolute atomic E-state index is 0.0664. The molecule has 0 spiro atoms. The van der Waals surface area contributed by atoms with Gasteiger partial charge in [0.2, 0.25) is 5.91 Å². The zero-order valence-corrected chi connectivity index (χ0v) is 11.2. The second-order valence-electron chi connectivity index (χ2n) is 5.57. The van der Waals surface area contributed by atoms with Gasteiger partial charge in [0.15, 0.2) is 0 Å². The van der Waals surface area contributed by atoms with Crippen LogP contribution in [0.4, 0.5) is 4.53 Å². The van der Waals surface area contributed by atoms with Gasteiger partial charge in [0.1, 0.15) is 6.61 Å². The lowest BCUT2D eigenvalue weighted by atomic mass is 9.61. The molecule has 0 aliphatic rings. The Morgan fingerprint density at radius 1 is 1.31 bits per heavy atom. The van der Waals surface area contributed by atoms with Crippen molar-refractivity contribution < 1.29 is 14.3 Å². The van der Waals surface area contributed by atoms with Crippen LogP contribution in [-0.4, -0.2) is 19.1 Å². The van der Waals surface area contributed by atoms with Crippen molar-refractivity contribution in [3.63, 3.8) is 0 Å². The molecule has 0 fully saturated rings. The smallest absolute Gasteiger partial charge is 0.226 e. The van der Waals surface area contributed by atoms with Gasteiger partial charge in [0.05, 0.1) is 0 Å². The van der Waals surface area contributed by atoms with E-state index in [1.165, 1.54) is 0 Å². The molecule has 0 bridgehead atoms. The average molecular weight is 233 g/mol. The number of halogens is 1. The minimum Gasteiger partial charge on any atom is -0.353 e. The number of hydrogen-bond donors (Lipinski definition) is 1. The first-order valence-corrected chi connectivity index (χ1v) is 5.69. The Hall–Kier alpha value is -0.640. The van der Waals surface area contributed by atoms with Crippen LogP contribution in [0, 0.1) is 16.7 Å². The molecule has 1 amide bonds. The van der Waals surface area contributed by atoms with Gasteiger partial charge in [-0.2, -0.15) is 4.94 Å². The maximum Gasteiger partial charge on any atom is 0.226 e. The van der Waals surface area contributed by atoms with Gasteiger partial charge < -0.3 is 5.32 Å². The highest BCUT2D eigenvalue weighted by atomic mass is 19.3. The monoisotopic (exact) mass is 233 g/mol. The normalized spacial score (nSPS) is 13.0. The average Bonchev–Trinajstić information content (AvgIpc) is 2.17. The molecule has 0 aromatic heterocycles. The lowest BCUT2D eigenvalue weighted by Crippen LogP contribution is -2.49. The molecule has 0 unspecified atom stereocenters. The SMILES string of the molecule is CC(C)C(C)(C)C(C)(C)C(=O)NCCOF. The first-order valence-electron chi connectivity index (χ1n) is 5.69. The van der Waals surface area contributed by atoms with Crippen LogP contribution < -0.4 is 5.32 Å². The van der Waals surface area contributed by atoms with E-state index < -0.39 is 5.41 Å². The molecule has 0 aromatic carbocycles. The number of amides is 1. The Kier molecular flexibility index (Phi) is 5.39. The number of carbonyl (C=O) groups excluding carboxylic acids is 1. The van der Waals surface area contributed by atoms with E-state index in [0.717, 1.165) is 0 Å². The van der Waals surface area contributed by atoms with Gasteiger partial charge in [0, 0.05) is 12.0 Å². The maximum atomic E-state index is 12.0. The molecule has 0 saturated heterocycles. The molecule has 0 saturated carbocycles.